The van der Waals surface area contributed by atoms with Crippen LogP contribution >= 0.6 is 0 Å². The van der Waals surface area contributed by atoms with E-state index in [4.69, 9.17) is 14.2 Å². The predicted molar refractivity (Wildman–Crippen MR) is 125 cm³/mol. The number of nitrogens with one attached hydrogen (secondary N) is 1. The molecule has 2 atom stereocenters. The molecule has 2 aliphatic rings. The lowest BCUT2D eigenvalue weighted by molar-refractivity contribution is 0.217. The summed E-state index contributed by atoms with van der Waals surface area (Å²) in [5.41, 5.74) is 4.87. The van der Waals surface area contributed by atoms with E-state index in [9.17, 15) is 0 Å². The second kappa shape index (κ2) is 7.70. The van der Waals surface area contributed by atoms with Gasteiger partial charge in [0.2, 0.25) is 5.95 Å². The van der Waals surface area contributed by atoms with E-state index in [2.05, 4.69) is 27.5 Å². The van der Waals surface area contributed by atoms with Gasteiger partial charge in [-0.05, 0) is 24.3 Å². The van der Waals surface area contributed by atoms with Crippen LogP contribution in [0.3, 0.4) is 0 Å². The van der Waals surface area contributed by atoms with Crippen LogP contribution in [0.15, 0.2) is 84.7 Å². The molecule has 0 aliphatic carbocycles. The van der Waals surface area contributed by atoms with Crippen molar-refractivity contribution in [1.82, 2.24) is 14.8 Å². The molecule has 3 heterocycles. The zero-order chi connectivity index (χ0) is 22.4. The van der Waals surface area contributed by atoms with Gasteiger partial charge in [0.05, 0.1) is 19.9 Å². The van der Waals surface area contributed by atoms with E-state index in [0.29, 0.717) is 5.95 Å². The molecule has 3 aromatic carbocycles. The van der Waals surface area contributed by atoms with Crippen LogP contribution in [0.1, 0.15) is 28.8 Å². The molecule has 164 valence electrons. The Kier molecular flexibility index (Phi) is 4.54. The molecule has 0 saturated carbocycles. The van der Waals surface area contributed by atoms with Crippen molar-refractivity contribution in [3.05, 3.63) is 101 Å². The smallest absolute Gasteiger partial charge is 0.226 e. The number of para-hydroxylation sites is 3. The summed E-state index contributed by atoms with van der Waals surface area (Å²) in [6.45, 7) is 0. The quantitative estimate of drug-likeness (QED) is 0.491. The standard InChI is InChI=1S/C26H22N4O3/c1-31-19-12-6-4-10-17(19)24-22-23(29-26-27-15-28-30(24)26)16-9-3-8-14-21(16)33-25(22)18-11-5-7-13-20(18)32-2/h3-15,24-25H,1-2H3,(H,27,28,29)/t24-,25+/m1/s1. The Bertz CT molecular complexity index is 1380. The molecule has 0 radical (unpaired) electrons. The third-order valence-electron chi connectivity index (χ3n) is 6.18. The van der Waals surface area contributed by atoms with Crippen LogP contribution < -0.4 is 19.5 Å². The molecular formula is C26H22N4O3. The minimum Gasteiger partial charge on any atom is -0.496 e. The monoisotopic (exact) mass is 438 g/mol. The summed E-state index contributed by atoms with van der Waals surface area (Å²) in [5.74, 6) is 3.00. The van der Waals surface area contributed by atoms with E-state index in [1.165, 1.54) is 0 Å². The minimum absolute atomic E-state index is 0.293. The number of methoxy groups -OCH3 is 2. The molecule has 0 unspecified atom stereocenters. The molecule has 0 bridgehead atoms. The summed E-state index contributed by atoms with van der Waals surface area (Å²) >= 11 is 0. The maximum Gasteiger partial charge on any atom is 0.226 e. The first-order valence-corrected chi connectivity index (χ1v) is 10.7. The highest BCUT2D eigenvalue weighted by atomic mass is 16.5. The van der Waals surface area contributed by atoms with Crippen molar-refractivity contribution >= 4 is 11.6 Å². The molecule has 0 saturated heterocycles. The average molecular weight is 438 g/mol. The normalized spacial score (nSPS) is 18.4. The Labute approximate surface area is 191 Å². The fourth-order valence-electron chi connectivity index (χ4n) is 4.75. The first-order valence-electron chi connectivity index (χ1n) is 10.7. The zero-order valence-electron chi connectivity index (χ0n) is 18.2. The largest absolute Gasteiger partial charge is 0.496 e. The van der Waals surface area contributed by atoms with Crippen LogP contribution in [0.5, 0.6) is 17.2 Å². The Morgan fingerprint density at radius 3 is 2.30 bits per heavy atom. The average Bonchev–Trinajstić information content (AvgIpc) is 3.35. The van der Waals surface area contributed by atoms with Crippen molar-refractivity contribution in [3.8, 4) is 17.2 Å². The highest BCUT2D eigenvalue weighted by Crippen LogP contribution is 2.52. The van der Waals surface area contributed by atoms with E-state index in [0.717, 1.165) is 45.2 Å². The number of rotatable bonds is 4. The molecule has 1 N–H and O–H groups in total. The Morgan fingerprint density at radius 1 is 0.848 bits per heavy atom. The van der Waals surface area contributed by atoms with E-state index >= 15 is 0 Å². The predicted octanol–water partition coefficient (Wildman–Crippen LogP) is 4.86. The number of hydrogen-bond donors (Lipinski definition) is 1. The number of anilines is 1. The van der Waals surface area contributed by atoms with Crippen LogP contribution in [0.4, 0.5) is 5.95 Å². The molecule has 0 amide bonds. The summed E-state index contributed by atoms with van der Waals surface area (Å²) in [4.78, 5) is 4.48. The molecule has 33 heavy (non-hydrogen) atoms. The van der Waals surface area contributed by atoms with Gasteiger partial charge in [-0.3, -0.25) is 0 Å². The summed E-state index contributed by atoms with van der Waals surface area (Å²) in [6.07, 6.45) is 1.15. The Hall–Kier alpha value is -4.26. The van der Waals surface area contributed by atoms with Crippen LogP contribution in [-0.2, 0) is 0 Å². The lowest BCUT2D eigenvalue weighted by Crippen LogP contribution is -2.32. The molecule has 7 nitrogen and oxygen atoms in total. The number of aromatic nitrogens is 3. The third-order valence-corrected chi connectivity index (χ3v) is 6.18. The molecular weight excluding hydrogens is 416 g/mol. The third kappa shape index (κ3) is 2.96. The van der Waals surface area contributed by atoms with Gasteiger partial charge >= 0.3 is 0 Å². The molecule has 2 aliphatic heterocycles. The van der Waals surface area contributed by atoms with Gasteiger partial charge in [-0.2, -0.15) is 10.1 Å². The second-order valence-corrected chi connectivity index (χ2v) is 7.86. The van der Waals surface area contributed by atoms with Crippen molar-refractivity contribution in [3.63, 3.8) is 0 Å². The van der Waals surface area contributed by atoms with Crippen LogP contribution in [-0.4, -0.2) is 29.0 Å². The Morgan fingerprint density at radius 2 is 1.52 bits per heavy atom. The number of fused-ring (bicyclic) bond motifs is 3. The molecule has 4 aromatic rings. The second-order valence-electron chi connectivity index (χ2n) is 7.86. The fourth-order valence-corrected chi connectivity index (χ4v) is 4.75. The van der Waals surface area contributed by atoms with E-state index in [1.807, 2.05) is 65.3 Å². The van der Waals surface area contributed by atoms with Crippen LogP contribution in [0.25, 0.3) is 5.70 Å². The van der Waals surface area contributed by atoms with E-state index in [1.54, 1.807) is 20.5 Å². The van der Waals surface area contributed by atoms with Crippen molar-refractivity contribution in [1.29, 1.82) is 0 Å². The molecule has 1 aromatic heterocycles. The molecule has 0 fully saturated rings. The Balaban J connectivity index is 1.66. The van der Waals surface area contributed by atoms with Crippen molar-refractivity contribution in [2.75, 3.05) is 19.5 Å². The lowest BCUT2D eigenvalue weighted by Gasteiger charge is -2.39. The highest BCUT2D eigenvalue weighted by Gasteiger charge is 2.42. The van der Waals surface area contributed by atoms with Gasteiger partial charge in [0.1, 0.15) is 29.6 Å². The SMILES string of the molecule is COc1ccccc1[C@@H]1Oc2ccccc2C2=C1[C@@H](c1ccccc1OC)n1ncnc1N2. The summed E-state index contributed by atoms with van der Waals surface area (Å²) < 4.78 is 20.0. The first kappa shape index (κ1) is 19.4. The van der Waals surface area contributed by atoms with Crippen LogP contribution in [0, 0.1) is 0 Å². The number of hydrogen-bond acceptors (Lipinski definition) is 6. The summed E-state index contributed by atoms with van der Waals surface area (Å²) in [5, 5.41) is 8.09. The maximum atomic E-state index is 6.67. The van der Waals surface area contributed by atoms with Crippen molar-refractivity contribution < 1.29 is 14.2 Å². The van der Waals surface area contributed by atoms with Gasteiger partial charge in [-0.15, -0.1) is 0 Å². The zero-order valence-corrected chi connectivity index (χ0v) is 18.2. The molecule has 7 heteroatoms. The summed E-state index contributed by atoms with van der Waals surface area (Å²) in [6, 6.07) is 23.7. The molecule has 6 rings (SSSR count). The van der Waals surface area contributed by atoms with Gasteiger partial charge in [-0.25, -0.2) is 4.68 Å². The number of ether oxygens (including phenoxy) is 3. The minimum atomic E-state index is -0.411. The number of nitrogens with zero attached hydrogens (tertiary/aromatic N) is 3. The summed E-state index contributed by atoms with van der Waals surface area (Å²) in [7, 11) is 3.36. The lowest BCUT2D eigenvalue weighted by atomic mass is 9.84. The van der Waals surface area contributed by atoms with Gasteiger partial charge in [0.15, 0.2) is 6.10 Å². The highest BCUT2D eigenvalue weighted by molar-refractivity contribution is 5.85. The van der Waals surface area contributed by atoms with Crippen LogP contribution in [0.2, 0.25) is 0 Å². The topological polar surface area (TPSA) is 70.4 Å². The van der Waals surface area contributed by atoms with E-state index in [-0.39, 0.29) is 6.04 Å². The molecule has 0 spiro atoms. The van der Waals surface area contributed by atoms with Gasteiger partial charge in [-0.1, -0.05) is 48.5 Å². The number of benzene rings is 3. The van der Waals surface area contributed by atoms with Crippen molar-refractivity contribution in [2.45, 2.75) is 12.1 Å². The van der Waals surface area contributed by atoms with Crippen molar-refractivity contribution in [2.24, 2.45) is 0 Å². The van der Waals surface area contributed by atoms with Gasteiger partial charge < -0.3 is 19.5 Å². The van der Waals surface area contributed by atoms with Gasteiger partial charge in [0, 0.05) is 22.3 Å². The first-order chi connectivity index (χ1) is 16.3. The maximum absolute atomic E-state index is 6.67. The van der Waals surface area contributed by atoms with E-state index < -0.39 is 6.10 Å². The fraction of sp³-hybridized carbons (Fsp3) is 0.154. The van der Waals surface area contributed by atoms with Gasteiger partial charge in [0.25, 0.3) is 0 Å².